The van der Waals surface area contributed by atoms with Gasteiger partial charge in [0.25, 0.3) is 5.91 Å². The monoisotopic (exact) mass is 294 g/mol. The molecule has 1 fully saturated rings. The Morgan fingerprint density at radius 3 is 2.43 bits per heavy atom. The highest BCUT2D eigenvalue weighted by Crippen LogP contribution is 2.14. The van der Waals surface area contributed by atoms with Crippen LogP contribution in [0.5, 0.6) is 0 Å². The van der Waals surface area contributed by atoms with Crippen molar-refractivity contribution in [1.82, 2.24) is 9.80 Å². The molecular weight excluding hydrogens is 271 g/mol. The third kappa shape index (κ3) is 4.25. The molecule has 21 heavy (non-hydrogen) atoms. The van der Waals surface area contributed by atoms with Gasteiger partial charge >= 0.3 is 0 Å². The minimum Gasteiger partial charge on any atom is -0.389 e. The topological polar surface area (TPSA) is 43.8 Å². The van der Waals surface area contributed by atoms with Crippen molar-refractivity contribution in [2.75, 3.05) is 32.7 Å². The molecule has 116 valence electrons. The first kappa shape index (κ1) is 15.9. The summed E-state index contributed by atoms with van der Waals surface area (Å²) in [6, 6.07) is 4.47. The summed E-state index contributed by atoms with van der Waals surface area (Å²) >= 11 is 0. The first-order valence-electron chi connectivity index (χ1n) is 7.26. The molecule has 1 aromatic carbocycles. The average molecular weight is 294 g/mol. The lowest BCUT2D eigenvalue weighted by atomic mass is 10.1. The second kappa shape index (κ2) is 6.12. The van der Waals surface area contributed by atoms with Gasteiger partial charge in [-0.25, -0.2) is 4.39 Å². The van der Waals surface area contributed by atoms with E-state index in [0.717, 1.165) is 13.1 Å². The maximum absolute atomic E-state index is 13.3. The van der Waals surface area contributed by atoms with E-state index in [-0.39, 0.29) is 11.7 Å². The molecule has 1 aromatic rings. The first-order chi connectivity index (χ1) is 9.76. The first-order valence-corrected chi connectivity index (χ1v) is 7.26. The summed E-state index contributed by atoms with van der Waals surface area (Å²) in [7, 11) is 0. The number of aryl methyl sites for hydroxylation is 1. The van der Waals surface area contributed by atoms with Crippen LogP contribution in [0.4, 0.5) is 4.39 Å². The summed E-state index contributed by atoms with van der Waals surface area (Å²) in [4.78, 5) is 16.3. The number of carbonyl (C=O) groups is 1. The van der Waals surface area contributed by atoms with Crippen LogP contribution >= 0.6 is 0 Å². The third-order valence-corrected chi connectivity index (χ3v) is 3.67. The van der Waals surface area contributed by atoms with Crippen LogP contribution in [0.2, 0.25) is 0 Å². The lowest BCUT2D eigenvalue weighted by molar-refractivity contribution is 0.0178. The minimum atomic E-state index is -0.722. The minimum absolute atomic E-state index is 0.0546. The second-order valence-electron chi connectivity index (χ2n) is 6.34. The molecule has 0 spiro atoms. The third-order valence-electron chi connectivity index (χ3n) is 3.67. The summed E-state index contributed by atoms with van der Waals surface area (Å²) < 4.78 is 13.3. The number of benzene rings is 1. The van der Waals surface area contributed by atoms with Gasteiger partial charge in [-0.1, -0.05) is 0 Å². The fraction of sp³-hybridized carbons (Fsp3) is 0.562. The number of hydrogen-bond donors (Lipinski definition) is 1. The Balaban J connectivity index is 1.95. The highest BCUT2D eigenvalue weighted by Gasteiger charge is 2.25. The van der Waals surface area contributed by atoms with E-state index >= 15 is 0 Å². The Bertz CT molecular complexity index is 517. The van der Waals surface area contributed by atoms with Crippen LogP contribution in [0, 0.1) is 12.7 Å². The molecule has 0 bridgehead atoms. The summed E-state index contributed by atoms with van der Waals surface area (Å²) in [5.41, 5.74) is 0.298. The molecule has 5 heteroatoms. The molecule has 0 radical (unpaired) electrons. The molecule has 0 aliphatic carbocycles. The van der Waals surface area contributed by atoms with Gasteiger partial charge in [0, 0.05) is 38.3 Å². The second-order valence-corrected chi connectivity index (χ2v) is 6.34. The summed E-state index contributed by atoms with van der Waals surface area (Å²) in [5.74, 6) is -0.345. The predicted molar refractivity (Wildman–Crippen MR) is 79.8 cm³/mol. The number of halogens is 1. The van der Waals surface area contributed by atoms with E-state index in [9.17, 15) is 14.3 Å². The van der Waals surface area contributed by atoms with E-state index in [1.54, 1.807) is 31.7 Å². The van der Waals surface area contributed by atoms with Crippen molar-refractivity contribution < 1.29 is 14.3 Å². The molecule has 1 amide bonds. The average Bonchev–Trinajstić information content (AvgIpc) is 2.40. The van der Waals surface area contributed by atoms with Crippen molar-refractivity contribution in [2.45, 2.75) is 26.4 Å². The zero-order valence-electron chi connectivity index (χ0n) is 12.9. The van der Waals surface area contributed by atoms with Crippen molar-refractivity contribution in [2.24, 2.45) is 0 Å². The Labute approximate surface area is 125 Å². The quantitative estimate of drug-likeness (QED) is 0.922. The van der Waals surface area contributed by atoms with Gasteiger partial charge in [-0.15, -0.1) is 0 Å². The molecule has 0 unspecified atom stereocenters. The van der Waals surface area contributed by atoms with Gasteiger partial charge in [-0.05, 0) is 44.5 Å². The van der Waals surface area contributed by atoms with E-state index in [1.165, 1.54) is 12.1 Å². The highest BCUT2D eigenvalue weighted by atomic mass is 19.1. The molecular formula is C16H23FN2O2. The Morgan fingerprint density at radius 1 is 1.29 bits per heavy atom. The molecule has 2 rings (SSSR count). The van der Waals surface area contributed by atoms with Crippen LogP contribution in [0.15, 0.2) is 18.2 Å². The standard InChI is InChI=1S/C16H23FN2O2/c1-12-10-13(4-5-14(12)17)15(20)19-8-6-18(7-9-19)11-16(2,3)21/h4-5,10,21H,6-9,11H2,1-3H3. The number of aliphatic hydroxyl groups is 1. The van der Waals surface area contributed by atoms with E-state index in [4.69, 9.17) is 0 Å². The Hall–Kier alpha value is -1.46. The number of carbonyl (C=O) groups excluding carboxylic acids is 1. The van der Waals surface area contributed by atoms with Crippen molar-refractivity contribution in [3.05, 3.63) is 35.1 Å². The molecule has 1 aliphatic rings. The molecule has 1 aliphatic heterocycles. The normalized spacial score (nSPS) is 17.1. The number of hydrogen-bond acceptors (Lipinski definition) is 3. The van der Waals surface area contributed by atoms with Gasteiger partial charge in [-0.2, -0.15) is 0 Å². The number of piperazine rings is 1. The van der Waals surface area contributed by atoms with Crippen LogP contribution in [-0.4, -0.2) is 59.1 Å². The maximum Gasteiger partial charge on any atom is 0.253 e. The number of amides is 1. The van der Waals surface area contributed by atoms with Crippen molar-refractivity contribution in [3.8, 4) is 0 Å². The lowest BCUT2D eigenvalue weighted by Crippen LogP contribution is -2.52. The molecule has 1 saturated heterocycles. The largest absolute Gasteiger partial charge is 0.389 e. The van der Waals surface area contributed by atoms with Gasteiger partial charge in [0.05, 0.1) is 5.60 Å². The van der Waals surface area contributed by atoms with Gasteiger partial charge < -0.3 is 10.0 Å². The maximum atomic E-state index is 13.3. The van der Waals surface area contributed by atoms with Gasteiger partial charge in [-0.3, -0.25) is 9.69 Å². The van der Waals surface area contributed by atoms with E-state index in [2.05, 4.69) is 4.90 Å². The molecule has 1 heterocycles. The SMILES string of the molecule is Cc1cc(C(=O)N2CCN(CC(C)(C)O)CC2)ccc1F. The smallest absolute Gasteiger partial charge is 0.253 e. The van der Waals surface area contributed by atoms with Crippen LogP contribution in [-0.2, 0) is 0 Å². The fourth-order valence-corrected chi connectivity index (χ4v) is 2.62. The summed E-state index contributed by atoms with van der Waals surface area (Å²) in [5, 5.41) is 9.82. The van der Waals surface area contributed by atoms with Crippen molar-refractivity contribution >= 4 is 5.91 Å². The van der Waals surface area contributed by atoms with Crippen LogP contribution in [0.1, 0.15) is 29.8 Å². The Kier molecular flexibility index (Phi) is 4.64. The zero-order chi connectivity index (χ0) is 15.6. The molecule has 0 atom stereocenters. The summed E-state index contributed by atoms with van der Waals surface area (Å²) in [6.07, 6.45) is 0. The van der Waals surface area contributed by atoms with Crippen molar-refractivity contribution in [3.63, 3.8) is 0 Å². The summed E-state index contributed by atoms with van der Waals surface area (Å²) in [6.45, 7) is 8.58. The molecule has 4 nitrogen and oxygen atoms in total. The number of nitrogens with zero attached hydrogens (tertiary/aromatic N) is 2. The van der Waals surface area contributed by atoms with Gasteiger partial charge in [0.2, 0.25) is 0 Å². The van der Waals surface area contributed by atoms with Crippen LogP contribution in [0.3, 0.4) is 0 Å². The highest BCUT2D eigenvalue weighted by molar-refractivity contribution is 5.94. The molecule has 1 N–H and O–H groups in total. The van der Waals surface area contributed by atoms with E-state index in [0.29, 0.717) is 30.8 Å². The van der Waals surface area contributed by atoms with Crippen molar-refractivity contribution in [1.29, 1.82) is 0 Å². The Morgan fingerprint density at radius 2 is 1.90 bits per heavy atom. The molecule has 0 saturated carbocycles. The fourth-order valence-electron chi connectivity index (χ4n) is 2.62. The van der Waals surface area contributed by atoms with E-state index in [1.807, 2.05) is 0 Å². The number of β-amino-alcohol motifs (C(OH)–C–C–N with tert-alkyl or cyclic N) is 1. The predicted octanol–water partition coefficient (Wildman–Crippen LogP) is 1.66. The van der Waals surface area contributed by atoms with E-state index < -0.39 is 5.60 Å². The lowest BCUT2D eigenvalue weighted by Gasteiger charge is -2.37. The van der Waals surface area contributed by atoms with Crippen LogP contribution in [0.25, 0.3) is 0 Å². The molecule has 0 aromatic heterocycles. The van der Waals surface area contributed by atoms with Gasteiger partial charge in [0.1, 0.15) is 5.82 Å². The number of rotatable bonds is 3. The van der Waals surface area contributed by atoms with Gasteiger partial charge in [0.15, 0.2) is 0 Å². The van der Waals surface area contributed by atoms with Crippen LogP contribution < -0.4 is 0 Å². The zero-order valence-corrected chi connectivity index (χ0v) is 12.9.